The van der Waals surface area contributed by atoms with Crippen molar-refractivity contribution in [3.63, 3.8) is 0 Å². The first-order valence-corrected chi connectivity index (χ1v) is 7.10. The van der Waals surface area contributed by atoms with Crippen LogP contribution in [-0.4, -0.2) is 32.4 Å². The number of hydrogen-bond acceptors (Lipinski definition) is 4. The van der Waals surface area contributed by atoms with Gasteiger partial charge in [-0.3, -0.25) is 0 Å². The van der Waals surface area contributed by atoms with E-state index in [1.165, 1.54) is 0 Å². The Morgan fingerprint density at radius 2 is 1.80 bits per heavy atom. The van der Waals surface area contributed by atoms with Gasteiger partial charge in [-0.1, -0.05) is 20.8 Å². The van der Waals surface area contributed by atoms with E-state index in [0.29, 0.717) is 24.1 Å². The smallest absolute Gasteiger partial charge is 0.124 e. The summed E-state index contributed by atoms with van der Waals surface area (Å²) >= 11 is 0. The second-order valence-corrected chi connectivity index (χ2v) is 5.50. The van der Waals surface area contributed by atoms with Crippen molar-refractivity contribution in [1.82, 2.24) is 5.32 Å². The number of ether oxygens (including phenoxy) is 2. The highest BCUT2D eigenvalue weighted by atomic mass is 16.5. The molecule has 0 aromatic heterocycles. The summed E-state index contributed by atoms with van der Waals surface area (Å²) in [5, 5.41) is 13.6. The minimum Gasteiger partial charge on any atom is -0.497 e. The standard InChI is InChI=1S/C16H27NO3/c1-11(2)12(3)9-17-10-15(18)14-8-13(19-4)6-7-16(14)20-5/h6-8,11-12,15,17-18H,9-10H2,1-5H3. The van der Waals surface area contributed by atoms with Crippen LogP contribution in [0.5, 0.6) is 11.5 Å². The number of nitrogens with one attached hydrogen (secondary N) is 1. The molecule has 0 saturated heterocycles. The molecule has 0 aliphatic carbocycles. The number of hydrogen-bond donors (Lipinski definition) is 2. The third-order valence-electron chi connectivity index (χ3n) is 3.74. The highest BCUT2D eigenvalue weighted by molar-refractivity contribution is 5.41. The molecule has 0 aliphatic rings. The molecule has 1 aromatic carbocycles. The van der Waals surface area contributed by atoms with Crippen molar-refractivity contribution in [2.75, 3.05) is 27.3 Å². The van der Waals surface area contributed by atoms with Gasteiger partial charge in [0.2, 0.25) is 0 Å². The molecule has 0 bridgehead atoms. The topological polar surface area (TPSA) is 50.7 Å². The Morgan fingerprint density at radius 1 is 1.10 bits per heavy atom. The number of rotatable bonds is 8. The van der Waals surface area contributed by atoms with E-state index in [1.54, 1.807) is 14.2 Å². The van der Waals surface area contributed by atoms with E-state index < -0.39 is 6.10 Å². The van der Waals surface area contributed by atoms with Crippen LogP contribution in [0, 0.1) is 11.8 Å². The van der Waals surface area contributed by atoms with Crippen molar-refractivity contribution in [1.29, 1.82) is 0 Å². The van der Waals surface area contributed by atoms with Gasteiger partial charge >= 0.3 is 0 Å². The molecule has 114 valence electrons. The molecule has 20 heavy (non-hydrogen) atoms. The van der Waals surface area contributed by atoms with E-state index in [1.807, 2.05) is 18.2 Å². The molecule has 4 heteroatoms. The lowest BCUT2D eigenvalue weighted by atomic mass is 9.98. The second kappa shape index (κ2) is 8.12. The van der Waals surface area contributed by atoms with Gasteiger partial charge in [0.1, 0.15) is 11.5 Å². The molecular weight excluding hydrogens is 254 g/mol. The van der Waals surface area contributed by atoms with Crippen LogP contribution in [0.4, 0.5) is 0 Å². The van der Waals surface area contributed by atoms with Crippen LogP contribution in [0.25, 0.3) is 0 Å². The molecule has 0 spiro atoms. The van der Waals surface area contributed by atoms with E-state index in [9.17, 15) is 5.11 Å². The molecule has 0 fully saturated rings. The van der Waals surface area contributed by atoms with Gasteiger partial charge in [-0.25, -0.2) is 0 Å². The summed E-state index contributed by atoms with van der Waals surface area (Å²) in [5.41, 5.74) is 0.747. The Balaban J connectivity index is 2.64. The fourth-order valence-corrected chi connectivity index (χ4v) is 1.89. The van der Waals surface area contributed by atoms with Crippen molar-refractivity contribution in [3.8, 4) is 11.5 Å². The normalized spacial score (nSPS) is 14.2. The van der Waals surface area contributed by atoms with Crippen LogP contribution in [0.1, 0.15) is 32.4 Å². The highest BCUT2D eigenvalue weighted by Crippen LogP contribution is 2.29. The minimum atomic E-state index is -0.612. The van der Waals surface area contributed by atoms with Crippen LogP contribution >= 0.6 is 0 Å². The van der Waals surface area contributed by atoms with Crippen molar-refractivity contribution in [2.24, 2.45) is 11.8 Å². The number of methoxy groups -OCH3 is 2. The summed E-state index contributed by atoms with van der Waals surface area (Å²) in [4.78, 5) is 0. The molecule has 0 saturated carbocycles. The van der Waals surface area contributed by atoms with Crippen LogP contribution in [0.15, 0.2) is 18.2 Å². The van der Waals surface area contributed by atoms with Gasteiger partial charge in [0.05, 0.1) is 20.3 Å². The molecule has 0 radical (unpaired) electrons. The Labute approximate surface area is 122 Å². The molecule has 2 atom stereocenters. The van der Waals surface area contributed by atoms with E-state index >= 15 is 0 Å². The lowest BCUT2D eigenvalue weighted by molar-refractivity contribution is 0.167. The molecule has 2 unspecified atom stereocenters. The van der Waals surface area contributed by atoms with E-state index in [0.717, 1.165) is 17.9 Å². The quantitative estimate of drug-likeness (QED) is 0.769. The molecule has 2 N–H and O–H groups in total. The summed E-state index contributed by atoms with van der Waals surface area (Å²) < 4.78 is 10.5. The fraction of sp³-hybridized carbons (Fsp3) is 0.625. The molecule has 4 nitrogen and oxygen atoms in total. The zero-order valence-corrected chi connectivity index (χ0v) is 13.1. The van der Waals surface area contributed by atoms with Crippen molar-refractivity contribution >= 4 is 0 Å². The zero-order valence-electron chi connectivity index (χ0n) is 13.1. The van der Waals surface area contributed by atoms with Gasteiger partial charge in [0, 0.05) is 12.1 Å². The predicted molar refractivity (Wildman–Crippen MR) is 81.4 cm³/mol. The van der Waals surface area contributed by atoms with E-state index in [4.69, 9.17) is 9.47 Å². The van der Waals surface area contributed by atoms with E-state index in [-0.39, 0.29) is 0 Å². The van der Waals surface area contributed by atoms with Crippen LogP contribution in [0.2, 0.25) is 0 Å². The SMILES string of the molecule is COc1ccc(OC)c(C(O)CNCC(C)C(C)C)c1. The van der Waals surface area contributed by atoms with Crippen molar-refractivity contribution < 1.29 is 14.6 Å². The maximum Gasteiger partial charge on any atom is 0.124 e. The first-order valence-electron chi connectivity index (χ1n) is 7.10. The van der Waals surface area contributed by atoms with Gasteiger partial charge in [-0.2, -0.15) is 0 Å². The third-order valence-corrected chi connectivity index (χ3v) is 3.74. The second-order valence-electron chi connectivity index (χ2n) is 5.50. The summed E-state index contributed by atoms with van der Waals surface area (Å²) in [5.74, 6) is 2.60. The highest BCUT2D eigenvalue weighted by Gasteiger charge is 2.15. The van der Waals surface area contributed by atoms with Crippen molar-refractivity contribution in [3.05, 3.63) is 23.8 Å². The largest absolute Gasteiger partial charge is 0.497 e. The first kappa shape index (κ1) is 16.8. The molecule has 1 aromatic rings. The molecule has 0 aliphatic heterocycles. The molecule has 1 rings (SSSR count). The molecule has 0 amide bonds. The van der Waals surface area contributed by atoms with Crippen LogP contribution in [-0.2, 0) is 0 Å². The molecular formula is C16H27NO3. The average molecular weight is 281 g/mol. The Hall–Kier alpha value is -1.26. The van der Waals surface area contributed by atoms with Gasteiger partial charge in [-0.05, 0) is 36.6 Å². The maximum absolute atomic E-state index is 10.3. The van der Waals surface area contributed by atoms with E-state index in [2.05, 4.69) is 26.1 Å². The third kappa shape index (κ3) is 4.69. The summed E-state index contributed by atoms with van der Waals surface area (Å²) in [7, 11) is 3.22. The molecule has 0 heterocycles. The number of aliphatic hydroxyl groups excluding tert-OH is 1. The minimum absolute atomic E-state index is 0.501. The Kier molecular flexibility index (Phi) is 6.82. The Morgan fingerprint density at radius 3 is 2.35 bits per heavy atom. The zero-order chi connectivity index (χ0) is 15.1. The van der Waals surface area contributed by atoms with Crippen LogP contribution < -0.4 is 14.8 Å². The van der Waals surface area contributed by atoms with Gasteiger partial charge in [-0.15, -0.1) is 0 Å². The summed E-state index contributed by atoms with van der Waals surface area (Å²) in [6.45, 7) is 8.00. The number of benzene rings is 1. The summed E-state index contributed by atoms with van der Waals surface area (Å²) in [6, 6.07) is 5.45. The van der Waals surface area contributed by atoms with Crippen LogP contribution in [0.3, 0.4) is 0 Å². The average Bonchev–Trinajstić information content (AvgIpc) is 2.45. The van der Waals surface area contributed by atoms with Gasteiger partial charge in [0.25, 0.3) is 0 Å². The lowest BCUT2D eigenvalue weighted by Crippen LogP contribution is -2.28. The number of aliphatic hydroxyl groups is 1. The fourth-order valence-electron chi connectivity index (χ4n) is 1.89. The maximum atomic E-state index is 10.3. The first-order chi connectivity index (χ1) is 9.49. The van der Waals surface area contributed by atoms with Crippen molar-refractivity contribution in [2.45, 2.75) is 26.9 Å². The summed E-state index contributed by atoms with van der Waals surface area (Å²) in [6.07, 6.45) is -0.612. The lowest BCUT2D eigenvalue weighted by Gasteiger charge is -2.19. The monoisotopic (exact) mass is 281 g/mol. The van der Waals surface area contributed by atoms with Gasteiger partial charge in [0.15, 0.2) is 0 Å². The predicted octanol–water partition coefficient (Wildman–Crippen LogP) is 2.62. The Bertz CT molecular complexity index is 407. The van der Waals surface area contributed by atoms with Gasteiger partial charge < -0.3 is 19.9 Å².